The van der Waals surface area contributed by atoms with Gasteiger partial charge in [-0.3, -0.25) is 20.6 Å². The molecule has 0 aliphatic rings. The lowest BCUT2D eigenvalue weighted by atomic mass is 10.0. The van der Waals surface area contributed by atoms with E-state index in [1.165, 1.54) is 11.3 Å². The first-order valence-electron chi connectivity index (χ1n) is 6.54. The lowest BCUT2D eigenvalue weighted by Crippen LogP contribution is -2.29. The predicted octanol–water partition coefficient (Wildman–Crippen LogP) is 1.00. The van der Waals surface area contributed by atoms with E-state index >= 15 is 0 Å². The van der Waals surface area contributed by atoms with Gasteiger partial charge in [-0.2, -0.15) is 10.2 Å². The van der Waals surface area contributed by atoms with Gasteiger partial charge in [0.2, 0.25) is 0 Å². The molecule has 6 nitrogen and oxygen atoms in total. The number of hydrogen-bond donors (Lipinski definition) is 2. The van der Waals surface area contributed by atoms with Crippen molar-refractivity contribution in [3.63, 3.8) is 0 Å². The third kappa shape index (κ3) is 2.69. The molecular formula is C13H22N6. The predicted molar refractivity (Wildman–Crippen MR) is 74.4 cm³/mol. The fourth-order valence-electron chi connectivity index (χ4n) is 2.32. The quantitative estimate of drug-likeness (QED) is 0.623. The monoisotopic (exact) mass is 262 g/mol. The first kappa shape index (κ1) is 13.8. The number of hydrogen-bond acceptors (Lipinski definition) is 4. The van der Waals surface area contributed by atoms with Crippen molar-refractivity contribution in [1.29, 1.82) is 0 Å². The summed E-state index contributed by atoms with van der Waals surface area (Å²) < 4.78 is 3.82. The van der Waals surface area contributed by atoms with Crippen LogP contribution in [-0.2, 0) is 20.0 Å². The third-order valence-electron chi connectivity index (χ3n) is 3.65. The molecule has 1 atom stereocenters. The zero-order chi connectivity index (χ0) is 14.0. The largest absolute Gasteiger partial charge is 0.273 e. The van der Waals surface area contributed by atoms with Crippen molar-refractivity contribution in [3.05, 3.63) is 34.9 Å². The molecule has 0 fully saturated rings. The van der Waals surface area contributed by atoms with Crippen molar-refractivity contribution in [2.45, 2.75) is 39.8 Å². The van der Waals surface area contributed by atoms with E-state index in [1.54, 1.807) is 0 Å². The zero-order valence-electron chi connectivity index (χ0n) is 12.0. The summed E-state index contributed by atoms with van der Waals surface area (Å²) >= 11 is 0. The van der Waals surface area contributed by atoms with Crippen molar-refractivity contribution >= 4 is 0 Å². The molecule has 2 aromatic rings. The number of aromatic nitrogens is 4. The number of nitrogens with zero attached hydrogens (tertiary/aromatic N) is 4. The topological polar surface area (TPSA) is 73.7 Å². The highest BCUT2D eigenvalue weighted by Gasteiger charge is 2.17. The van der Waals surface area contributed by atoms with Crippen LogP contribution in [0.25, 0.3) is 0 Å². The van der Waals surface area contributed by atoms with Gasteiger partial charge in [0.15, 0.2) is 0 Å². The number of nitrogens with two attached hydrogens (primary N) is 1. The molecule has 0 aliphatic heterocycles. The Kier molecular flexibility index (Phi) is 4.01. The van der Waals surface area contributed by atoms with E-state index in [1.807, 2.05) is 35.7 Å². The molecule has 2 heterocycles. The summed E-state index contributed by atoms with van der Waals surface area (Å²) in [6, 6.07) is 0.0573. The minimum Gasteiger partial charge on any atom is -0.273 e. The molecule has 0 spiro atoms. The highest BCUT2D eigenvalue weighted by atomic mass is 15.3. The Morgan fingerprint density at radius 3 is 2.63 bits per heavy atom. The van der Waals surface area contributed by atoms with E-state index in [9.17, 15) is 0 Å². The van der Waals surface area contributed by atoms with Crippen LogP contribution in [0.3, 0.4) is 0 Å². The summed E-state index contributed by atoms with van der Waals surface area (Å²) in [6.45, 7) is 7.04. The van der Waals surface area contributed by atoms with Crippen LogP contribution >= 0.6 is 0 Å². The smallest absolute Gasteiger partial charge is 0.0629 e. The first-order chi connectivity index (χ1) is 9.06. The Hall–Kier alpha value is -1.66. The average Bonchev–Trinajstić information content (AvgIpc) is 2.95. The Bertz CT molecular complexity index is 553. The second kappa shape index (κ2) is 5.54. The molecule has 104 valence electrons. The summed E-state index contributed by atoms with van der Waals surface area (Å²) in [6.07, 6.45) is 4.72. The minimum absolute atomic E-state index is 0.0573. The van der Waals surface area contributed by atoms with Gasteiger partial charge in [-0.05, 0) is 32.8 Å². The van der Waals surface area contributed by atoms with Crippen molar-refractivity contribution in [1.82, 2.24) is 25.0 Å². The molecule has 2 rings (SSSR count). The second-order valence-electron chi connectivity index (χ2n) is 4.83. The Balaban J connectivity index is 2.23. The van der Waals surface area contributed by atoms with Crippen LogP contribution in [0.4, 0.5) is 0 Å². The van der Waals surface area contributed by atoms with Crippen LogP contribution in [0.5, 0.6) is 0 Å². The molecule has 0 radical (unpaired) electrons. The molecule has 1 unspecified atom stereocenters. The summed E-state index contributed by atoms with van der Waals surface area (Å²) in [5, 5.41) is 8.74. The van der Waals surface area contributed by atoms with Gasteiger partial charge >= 0.3 is 0 Å². The summed E-state index contributed by atoms with van der Waals surface area (Å²) in [4.78, 5) is 0. The lowest BCUT2D eigenvalue weighted by Gasteiger charge is -2.14. The van der Waals surface area contributed by atoms with E-state index < -0.39 is 0 Å². The molecule has 0 saturated heterocycles. The Morgan fingerprint density at radius 1 is 1.42 bits per heavy atom. The lowest BCUT2D eigenvalue weighted by molar-refractivity contribution is 0.548. The maximum absolute atomic E-state index is 5.70. The first-order valence-corrected chi connectivity index (χ1v) is 6.54. The maximum Gasteiger partial charge on any atom is 0.0629 e. The number of rotatable bonds is 5. The summed E-state index contributed by atoms with van der Waals surface area (Å²) in [5.74, 6) is 5.70. The summed E-state index contributed by atoms with van der Waals surface area (Å²) in [5.41, 5.74) is 7.47. The van der Waals surface area contributed by atoms with Gasteiger partial charge in [0.25, 0.3) is 0 Å². The highest BCUT2D eigenvalue weighted by Crippen LogP contribution is 2.21. The molecule has 0 amide bonds. The molecule has 6 heteroatoms. The van der Waals surface area contributed by atoms with Gasteiger partial charge in [0.05, 0.1) is 17.9 Å². The second-order valence-corrected chi connectivity index (χ2v) is 4.83. The zero-order valence-corrected chi connectivity index (χ0v) is 12.0. The molecule has 3 N–H and O–H groups in total. The molecular weight excluding hydrogens is 240 g/mol. The van der Waals surface area contributed by atoms with Gasteiger partial charge in [0.1, 0.15) is 0 Å². The van der Waals surface area contributed by atoms with E-state index in [4.69, 9.17) is 5.84 Å². The maximum atomic E-state index is 5.70. The average molecular weight is 262 g/mol. The van der Waals surface area contributed by atoms with Gasteiger partial charge < -0.3 is 0 Å². The fraction of sp³-hybridized carbons (Fsp3) is 0.538. The Labute approximate surface area is 113 Å². The van der Waals surface area contributed by atoms with E-state index in [0.29, 0.717) is 0 Å². The number of hydrazine groups is 1. The number of nitrogens with one attached hydrogen (secondary N) is 1. The normalized spacial score (nSPS) is 12.9. The van der Waals surface area contributed by atoms with Crippen LogP contribution < -0.4 is 11.3 Å². The van der Waals surface area contributed by atoms with Crippen molar-refractivity contribution in [2.24, 2.45) is 12.9 Å². The fourth-order valence-corrected chi connectivity index (χ4v) is 2.32. The van der Waals surface area contributed by atoms with Crippen molar-refractivity contribution in [3.8, 4) is 0 Å². The van der Waals surface area contributed by atoms with Crippen molar-refractivity contribution in [2.75, 3.05) is 0 Å². The summed E-state index contributed by atoms with van der Waals surface area (Å²) in [7, 11) is 1.96. The van der Waals surface area contributed by atoms with Crippen molar-refractivity contribution < 1.29 is 0 Å². The van der Waals surface area contributed by atoms with Gasteiger partial charge in [-0.15, -0.1) is 0 Å². The van der Waals surface area contributed by atoms with Crippen LogP contribution in [0, 0.1) is 13.8 Å². The van der Waals surface area contributed by atoms with Crippen LogP contribution in [0.15, 0.2) is 12.4 Å². The van der Waals surface area contributed by atoms with E-state index in [2.05, 4.69) is 29.5 Å². The molecule has 0 saturated carbocycles. The van der Waals surface area contributed by atoms with Gasteiger partial charge in [0, 0.05) is 31.0 Å². The van der Waals surface area contributed by atoms with Gasteiger partial charge in [-0.1, -0.05) is 0 Å². The minimum atomic E-state index is 0.0573. The van der Waals surface area contributed by atoms with Crippen LogP contribution in [-0.4, -0.2) is 19.6 Å². The molecule has 0 bridgehead atoms. The standard InChI is InChI=1S/C13H22N6/c1-5-19-8-11(7-15-19)13(16-14)6-12-9(2)17-18(4)10(12)3/h7-8,13,16H,5-6,14H2,1-4H3. The van der Waals surface area contributed by atoms with E-state index in [0.717, 1.165) is 24.2 Å². The molecule has 0 aromatic carbocycles. The van der Waals surface area contributed by atoms with Crippen LogP contribution in [0.1, 0.15) is 35.5 Å². The SMILES string of the molecule is CCn1cc(C(Cc2c(C)nn(C)c2C)NN)cn1. The highest BCUT2D eigenvalue weighted by molar-refractivity contribution is 5.27. The molecule has 0 aliphatic carbocycles. The Morgan fingerprint density at radius 2 is 2.16 bits per heavy atom. The third-order valence-corrected chi connectivity index (χ3v) is 3.65. The molecule has 2 aromatic heterocycles. The number of aryl methyl sites for hydroxylation is 3. The van der Waals surface area contributed by atoms with E-state index in [-0.39, 0.29) is 6.04 Å². The van der Waals surface area contributed by atoms with Gasteiger partial charge in [-0.25, -0.2) is 0 Å². The molecule has 19 heavy (non-hydrogen) atoms. The van der Waals surface area contributed by atoms with Crippen LogP contribution in [0.2, 0.25) is 0 Å².